The molecule has 1 aromatic heterocycles. The number of nitrogens with one attached hydrogen (secondary N) is 1. The number of benzene rings is 2. The van der Waals surface area contributed by atoms with Gasteiger partial charge in [-0.1, -0.05) is 23.5 Å². The standard InChI is InChI=1S/C16H8F6N2OS/c17-15(18,19)8-5-6-11-12(7-8)26-14(23-11)24-13(25)9-3-1-2-4-10(9)16(20,21)22/h1-7H,(H,23,24,25). The molecule has 3 rings (SSSR count). The monoisotopic (exact) mass is 390 g/mol. The lowest BCUT2D eigenvalue weighted by molar-refractivity contribution is -0.138. The van der Waals surface area contributed by atoms with Gasteiger partial charge in [0, 0.05) is 0 Å². The highest BCUT2D eigenvalue weighted by Gasteiger charge is 2.35. The molecule has 26 heavy (non-hydrogen) atoms. The van der Waals surface area contributed by atoms with E-state index in [0.717, 1.165) is 47.7 Å². The van der Waals surface area contributed by atoms with Crippen LogP contribution in [0.3, 0.4) is 0 Å². The van der Waals surface area contributed by atoms with Crippen molar-refractivity contribution in [3.05, 3.63) is 59.2 Å². The summed E-state index contributed by atoms with van der Waals surface area (Å²) in [4.78, 5) is 16.1. The number of anilines is 1. The maximum atomic E-state index is 13.0. The topological polar surface area (TPSA) is 42.0 Å². The lowest BCUT2D eigenvalue weighted by Gasteiger charge is -2.11. The highest BCUT2D eigenvalue weighted by Crippen LogP contribution is 2.35. The van der Waals surface area contributed by atoms with Crippen molar-refractivity contribution < 1.29 is 31.1 Å². The maximum absolute atomic E-state index is 13.0. The largest absolute Gasteiger partial charge is 0.417 e. The molecule has 136 valence electrons. The fourth-order valence-electron chi connectivity index (χ4n) is 2.25. The zero-order valence-corrected chi connectivity index (χ0v) is 13.4. The molecule has 0 radical (unpaired) electrons. The van der Waals surface area contributed by atoms with Gasteiger partial charge in [0.25, 0.3) is 5.91 Å². The molecule has 0 aliphatic carbocycles. The number of hydrogen-bond donors (Lipinski definition) is 1. The molecule has 1 heterocycles. The number of halogens is 6. The normalized spacial score (nSPS) is 12.4. The van der Waals surface area contributed by atoms with E-state index in [2.05, 4.69) is 10.3 Å². The van der Waals surface area contributed by atoms with Gasteiger partial charge in [-0.05, 0) is 30.3 Å². The first kappa shape index (κ1) is 18.2. The van der Waals surface area contributed by atoms with Crippen LogP contribution in [0.25, 0.3) is 10.2 Å². The van der Waals surface area contributed by atoms with Gasteiger partial charge in [-0.3, -0.25) is 10.1 Å². The summed E-state index contributed by atoms with van der Waals surface area (Å²) >= 11 is 0.740. The first-order chi connectivity index (χ1) is 12.1. The molecular formula is C16H8F6N2OS. The first-order valence-electron chi connectivity index (χ1n) is 7.01. The summed E-state index contributed by atoms with van der Waals surface area (Å²) in [6.45, 7) is 0. The number of rotatable bonds is 2. The molecule has 1 N–H and O–H groups in total. The van der Waals surface area contributed by atoms with Crippen molar-refractivity contribution >= 4 is 32.6 Å². The molecule has 3 nitrogen and oxygen atoms in total. The van der Waals surface area contributed by atoms with Crippen molar-refractivity contribution in [2.75, 3.05) is 5.32 Å². The van der Waals surface area contributed by atoms with Crippen LogP contribution in [0.4, 0.5) is 31.5 Å². The minimum atomic E-state index is -4.72. The van der Waals surface area contributed by atoms with Crippen molar-refractivity contribution in [3.63, 3.8) is 0 Å². The van der Waals surface area contributed by atoms with Gasteiger partial charge >= 0.3 is 12.4 Å². The highest BCUT2D eigenvalue weighted by atomic mass is 32.1. The molecule has 0 saturated carbocycles. The number of aromatic nitrogens is 1. The Bertz CT molecular complexity index is 977. The molecule has 2 aromatic carbocycles. The van der Waals surface area contributed by atoms with Gasteiger partial charge in [0.15, 0.2) is 5.13 Å². The van der Waals surface area contributed by atoms with Crippen LogP contribution in [0.5, 0.6) is 0 Å². The molecule has 10 heteroatoms. The maximum Gasteiger partial charge on any atom is 0.417 e. The van der Waals surface area contributed by atoms with Crippen LogP contribution in [0.2, 0.25) is 0 Å². The molecule has 0 fully saturated rings. The van der Waals surface area contributed by atoms with Crippen LogP contribution < -0.4 is 5.32 Å². The number of alkyl halides is 6. The lowest BCUT2D eigenvalue weighted by Crippen LogP contribution is -2.18. The van der Waals surface area contributed by atoms with Crippen molar-refractivity contribution in [3.8, 4) is 0 Å². The summed E-state index contributed by atoms with van der Waals surface area (Å²) < 4.78 is 77.2. The second-order valence-corrected chi connectivity index (χ2v) is 6.23. The van der Waals surface area contributed by atoms with Crippen LogP contribution in [-0.4, -0.2) is 10.9 Å². The van der Waals surface area contributed by atoms with Crippen LogP contribution in [0, 0.1) is 0 Å². The molecule has 0 spiro atoms. The number of thiazole rings is 1. The Balaban J connectivity index is 1.91. The van der Waals surface area contributed by atoms with E-state index in [-0.39, 0.29) is 15.3 Å². The predicted molar refractivity (Wildman–Crippen MR) is 84.0 cm³/mol. The molecule has 0 atom stereocenters. The van der Waals surface area contributed by atoms with Gasteiger partial charge in [-0.25, -0.2) is 4.98 Å². The van der Waals surface area contributed by atoms with Gasteiger partial charge in [-0.15, -0.1) is 0 Å². The fourth-order valence-corrected chi connectivity index (χ4v) is 3.15. The van der Waals surface area contributed by atoms with E-state index < -0.39 is 35.0 Å². The van der Waals surface area contributed by atoms with Crippen LogP contribution >= 0.6 is 11.3 Å². The number of carbonyl (C=O) groups is 1. The summed E-state index contributed by atoms with van der Waals surface area (Å²) in [6, 6.07) is 7.04. The first-order valence-corrected chi connectivity index (χ1v) is 7.83. The molecule has 0 unspecified atom stereocenters. The summed E-state index contributed by atoms with van der Waals surface area (Å²) in [5, 5.41) is 2.11. The SMILES string of the molecule is O=C(Nc1nc2ccc(C(F)(F)F)cc2s1)c1ccccc1C(F)(F)F. The summed E-state index contributed by atoms with van der Waals surface area (Å²) in [6.07, 6.45) is -9.25. The Morgan fingerprint density at radius 3 is 2.31 bits per heavy atom. The second kappa shape index (κ2) is 6.27. The number of nitrogens with zero attached hydrogens (tertiary/aromatic N) is 1. The van der Waals surface area contributed by atoms with Gasteiger partial charge in [-0.2, -0.15) is 26.3 Å². The molecule has 0 bridgehead atoms. The Kier molecular flexibility index (Phi) is 4.39. The van der Waals surface area contributed by atoms with E-state index in [1.165, 1.54) is 6.07 Å². The highest BCUT2D eigenvalue weighted by molar-refractivity contribution is 7.22. The van der Waals surface area contributed by atoms with Crippen LogP contribution in [-0.2, 0) is 12.4 Å². The average molecular weight is 390 g/mol. The molecule has 1 amide bonds. The van der Waals surface area contributed by atoms with Gasteiger partial charge in [0.05, 0.1) is 26.9 Å². The fraction of sp³-hybridized carbons (Fsp3) is 0.125. The van der Waals surface area contributed by atoms with Crippen molar-refractivity contribution in [2.24, 2.45) is 0 Å². The van der Waals surface area contributed by atoms with Gasteiger partial charge in [0.1, 0.15) is 0 Å². The van der Waals surface area contributed by atoms with Crippen molar-refractivity contribution in [1.82, 2.24) is 4.98 Å². The average Bonchev–Trinajstić information content (AvgIpc) is 2.94. The zero-order chi connectivity index (χ0) is 19.1. The summed E-state index contributed by atoms with van der Waals surface area (Å²) in [5.74, 6) is -1.05. The van der Waals surface area contributed by atoms with E-state index in [1.807, 2.05) is 0 Å². The Morgan fingerprint density at radius 1 is 0.962 bits per heavy atom. The molecule has 0 saturated heterocycles. The van der Waals surface area contributed by atoms with Crippen molar-refractivity contribution in [1.29, 1.82) is 0 Å². The third-order valence-corrected chi connectivity index (χ3v) is 4.35. The summed E-state index contributed by atoms with van der Waals surface area (Å²) in [5.41, 5.74) is -2.40. The van der Waals surface area contributed by atoms with E-state index in [4.69, 9.17) is 0 Å². The van der Waals surface area contributed by atoms with Gasteiger partial charge < -0.3 is 0 Å². The van der Waals surface area contributed by atoms with E-state index >= 15 is 0 Å². The third-order valence-electron chi connectivity index (χ3n) is 3.41. The molecule has 0 aliphatic heterocycles. The second-order valence-electron chi connectivity index (χ2n) is 5.20. The molecular weight excluding hydrogens is 382 g/mol. The number of hydrogen-bond acceptors (Lipinski definition) is 3. The number of carbonyl (C=O) groups excluding carboxylic acids is 1. The quantitative estimate of drug-likeness (QED) is 0.580. The summed E-state index contributed by atoms with van der Waals surface area (Å²) in [7, 11) is 0. The van der Waals surface area contributed by atoms with Crippen LogP contribution in [0.15, 0.2) is 42.5 Å². The Labute approximate surface area is 146 Å². The predicted octanol–water partition coefficient (Wildman–Crippen LogP) is 5.59. The lowest BCUT2D eigenvalue weighted by atomic mass is 10.1. The Morgan fingerprint density at radius 2 is 1.65 bits per heavy atom. The van der Waals surface area contributed by atoms with E-state index in [1.54, 1.807) is 0 Å². The molecule has 0 aliphatic rings. The Hall–Kier alpha value is -2.62. The zero-order valence-electron chi connectivity index (χ0n) is 12.6. The van der Waals surface area contributed by atoms with Crippen molar-refractivity contribution in [2.45, 2.75) is 12.4 Å². The third kappa shape index (κ3) is 3.64. The minimum absolute atomic E-state index is 0.0960. The van der Waals surface area contributed by atoms with E-state index in [0.29, 0.717) is 0 Å². The van der Waals surface area contributed by atoms with Crippen LogP contribution in [0.1, 0.15) is 21.5 Å². The minimum Gasteiger partial charge on any atom is -0.298 e. The number of fused-ring (bicyclic) bond motifs is 1. The smallest absolute Gasteiger partial charge is 0.298 e. The van der Waals surface area contributed by atoms with E-state index in [9.17, 15) is 31.1 Å². The van der Waals surface area contributed by atoms with Gasteiger partial charge in [0.2, 0.25) is 0 Å². The number of amides is 1. The molecule has 3 aromatic rings.